The highest BCUT2D eigenvalue weighted by Crippen LogP contribution is 2.29. The lowest BCUT2D eigenvalue weighted by atomic mass is 10.1. The Labute approximate surface area is 192 Å². The van der Waals surface area contributed by atoms with Crippen molar-refractivity contribution in [2.24, 2.45) is 5.73 Å². The number of benzene rings is 2. The molecule has 0 aromatic heterocycles. The number of hydrogen-bond acceptors (Lipinski definition) is 4. The molecule has 0 spiro atoms. The Morgan fingerprint density at radius 1 is 1.26 bits per heavy atom. The van der Waals surface area contributed by atoms with E-state index in [0.717, 1.165) is 34.3 Å². The monoisotopic (exact) mass is 488 g/mol. The number of carbonyl (C=O) groups is 2. The first-order valence-electron chi connectivity index (χ1n) is 10.2. The highest BCUT2D eigenvalue weighted by molar-refractivity contribution is 9.10. The van der Waals surface area contributed by atoms with E-state index in [4.69, 9.17) is 15.2 Å². The molecule has 0 saturated heterocycles. The number of allylic oxidation sites excluding steroid dienone is 1. The number of para-hydroxylation sites is 2. The molecule has 2 aromatic carbocycles. The second-order valence-corrected chi connectivity index (χ2v) is 7.85. The zero-order valence-electron chi connectivity index (χ0n) is 17.9. The van der Waals surface area contributed by atoms with E-state index in [0.29, 0.717) is 19.4 Å². The summed E-state index contributed by atoms with van der Waals surface area (Å²) in [6.07, 6.45) is 6.57. The third-order valence-electron chi connectivity index (χ3n) is 4.82. The summed E-state index contributed by atoms with van der Waals surface area (Å²) < 4.78 is 11.5. The van der Waals surface area contributed by atoms with Crippen LogP contribution in [0.4, 0.5) is 5.69 Å². The number of rotatable bonds is 7. The van der Waals surface area contributed by atoms with Gasteiger partial charge in [-0.25, -0.2) is 0 Å². The third-order valence-corrected chi connectivity index (χ3v) is 5.54. The summed E-state index contributed by atoms with van der Waals surface area (Å²) >= 11 is 3.49. The molecular weight excluding hydrogens is 460 g/mol. The Bertz CT molecular complexity index is 901. The van der Waals surface area contributed by atoms with Gasteiger partial charge in [-0.2, -0.15) is 0 Å². The molecule has 1 heterocycles. The number of nitrogens with zero attached hydrogens (tertiary/aromatic N) is 1. The predicted octanol–water partition coefficient (Wildman–Crippen LogP) is 4.56. The Morgan fingerprint density at radius 2 is 1.97 bits per heavy atom. The smallest absolute Gasteiger partial charge is 0.246 e. The van der Waals surface area contributed by atoms with E-state index >= 15 is 0 Å². The topological polar surface area (TPSA) is 81.9 Å². The first-order chi connectivity index (χ1) is 14.9. The number of carbonyl (C=O) groups excluding carboxylic acids is 2. The Hall–Kier alpha value is -2.64. The van der Waals surface area contributed by atoms with E-state index in [1.54, 1.807) is 11.9 Å². The summed E-state index contributed by atoms with van der Waals surface area (Å²) in [5.74, 6) is 0.494. The number of anilines is 1. The third kappa shape index (κ3) is 7.84. The van der Waals surface area contributed by atoms with Crippen molar-refractivity contribution >= 4 is 39.5 Å². The van der Waals surface area contributed by atoms with Crippen molar-refractivity contribution in [3.05, 3.63) is 64.6 Å². The Kier molecular flexibility index (Phi) is 10.3. The van der Waals surface area contributed by atoms with Crippen LogP contribution in [-0.4, -0.2) is 38.7 Å². The van der Waals surface area contributed by atoms with Gasteiger partial charge in [0.05, 0.1) is 18.7 Å². The molecule has 2 N–H and O–H groups in total. The molecule has 1 aliphatic rings. The quantitative estimate of drug-likeness (QED) is 0.578. The second-order valence-electron chi connectivity index (χ2n) is 7.00. The molecule has 31 heavy (non-hydrogen) atoms. The van der Waals surface area contributed by atoms with Crippen molar-refractivity contribution < 1.29 is 19.1 Å². The standard InChI is InChI=1S/C14H18BrNO2.C10H11NO2/c1-18-13(14(16)17)10-4-2-3-7-11-8-5-6-9-12(11)15;1-11-8-4-2-3-5-9(8)13-7-6-10(11)12/h3,5-9,13H,2,4,10H2,1H3,(H2,16,17);2-5H,6-7H2,1H3/b7-3+;. The van der Waals surface area contributed by atoms with Crippen molar-refractivity contribution in [3.63, 3.8) is 0 Å². The minimum absolute atomic E-state index is 0.102. The Morgan fingerprint density at radius 3 is 2.68 bits per heavy atom. The van der Waals surface area contributed by atoms with E-state index in [2.05, 4.69) is 28.1 Å². The lowest BCUT2D eigenvalue weighted by molar-refractivity contribution is -0.128. The number of fused-ring (bicyclic) bond motifs is 1. The highest BCUT2D eigenvalue weighted by Gasteiger charge is 2.18. The van der Waals surface area contributed by atoms with Crippen LogP contribution in [0.25, 0.3) is 6.08 Å². The van der Waals surface area contributed by atoms with Gasteiger partial charge in [0.25, 0.3) is 0 Å². The average molecular weight is 489 g/mol. The number of ether oxygens (including phenoxy) is 2. The van der Waals surface area contributed by atoms with Crippen LogP contribution in [0.1, 0.15) is 31.2 Å². The van der Waals surface area contributed by atoms with Crippen LogP contribution < -0.4 is 15.4 Å². The number of methoxy groups -OCH3 is 1. The maximum atomic E-state index is 11.4. The average Bonchev–Trinajstić information content (AvgIpc) is 2.91. The van der Waals surface area contributed by atoms with Gasteiger partial charge >= 0.3 is 0 Å². The zero-order valence-corrected chi connectivity index (χ0v) is 19.5. The van der Waals surface area contributed by atoms with Gasteiger partial charge in [0.15, 0.2) is 0 Å². The molecule has 0 fully saturated rings. The summed E-state index contributed by atoms with van der Waals surface area (Å²) in [6, 6.07) is 15.6. The molecule has 7 heteroatoms. The molecule has 0 bridgehead atoms. The highest BCUT2D eigenvalue weighted by atomic mass is 79.9. The first-order valence-corrected chi connectivity index (χ1v) is 10.9. The molecule has 2 amide bonds. The fourth-order valence-corrected chi connectivity index (χ4v) is 3.44. The normalized spacial score (nSPS) is 14.2. The minimum atomic E-state index is -0.470. The van der Waals surface area contributed by atoms with Crippen LogP contribution in [0.5, 0.6) is 5.75 Å². The summed E-state index contributed by atoms with van der Waals surface area (Å²) in [6.45, 7) is 0.472. The van der Waals surface area contributed by atoms with E-state index in [1.807, 2.05) is 48.5 Å². The SMILES string of the molecule is CN1C(=O)CCOc2ccccc21.COC(CCC/C=C/c1ccccc1Br)C(N)=O. The van der Waals surface area contributed by atoms with E-state index < -0.39 is 12.0 Å². The van der Waals surface area contributed by atoms with E-state index in [-0.39, 0.29) is 5.91 Å². The molecule has 0 radical (unpaired) electrons. The summed E-state index contributed by atoms with van der Waals surface area (Å²) in [5.41, 5.74) is 7.19. The minimum Gasteiger partial charge on any atom is -0.491 e. The second kappa shape index (κ2) is 12.9. The Balaban J connectivity index is 0.000000231. The van der Waals surface area contributed by atoms with Gasteiger partial charge < -0.3 is 20.1 Å². The number of nitrogens with two attached hydrogens (primary N) is 1. The lowest BCUT2D eigenvalue weighted by Crippen LogP contribution is -2.29. The van der Waals surface area contributed by atoms with Gasteiger partial charge in [-0.1, -0.05) is 58.4 Å². The van der Waals surface area contributed by atoms with Gasteiger partial charge in [0.1, 0.15) is 11.9 Å². The summed E-state index contributed by atoms with van der Waals surface area (Å²) in [7, 11) is 3.28. The van der Waals surface area contributed by atoms with Crippen LogP contribution in [0, 0.1) is 0 Å². The number of primary amides is 1. The van der Waals surface area contributed by atoms with Gasteiger partial charge in [-0.3, -0.25) is 9.59 Å². The number of halogens is 1. The van der Waals surface area contributed by atoms with E-state index in [1.165, 1.54) is 7.11 Å². The number of hydrogen-bond donors (Lipinski definition) is 1. The van der Waals surface area contributed by atoms with E-state index in [9.17, 15) is 9.59 Å². The van der Waals surface area contributed by atoms with Crippen LogP contribution in [-0.2, 0) is 14.3 Å². The fraction of sp³-hybridized carbons (Fsp3) is 0.333. The number of amides is 2. The number of unbranched alkanes of at least 4 members (excludes halogenated alkanes) is 1. The molecule has 1 aliphatic heterocycles. The largest absolute Gasteiger partial charge is 0.491 e. The first kappa shape index (κ1) is 24.6. The molecule has 3 rings (SSSR count). The molecule has 1 unspecified atom stereocenters. The van der Waals surface area contributed by atoms with Crippen LogP contribution in [0.2, 0.25) is 0 Å². The molecule has 0 aliphatic carbocycles. The fourth-order valence-electron chi connectivity index (χ4n) is 3.02. The summed E-state index contributed by atoms with van der Waals surface area (Å²) in [4.78, 5) is 24.0. The molecule has 0 saturated carbocycles. The van der Waals surface area contributed by atoms with Crippen molar-refractivity contribution in [3.8, 4) is 5.75 Å². The zero-order chi connectivity index (χ0) is 22.6. The van der Waals surface area contributed by atoms with Crippen LogP contribution in [0.15, 0.2) is 59.1 Å². The van der Waals surface area contributed by atoms with Crippen molar-refractivity contribution in [1.82, 2.24) is 0 Å². The van der Waals surface area contributed by atoms with Gasteiger partial charge in [-0.05, 0) is 43.0 Å². The van der Waals surface area contributed by atoms with Crippen LogP contribution >= 0.6 is 15.9 Å². The van der Waals surface area contributed by atoms with Gasteiger partial charge in [0.2, 0.25) is 11.8 Å². The maximum Gasteiger partial charge on any atom is 0.246 e. The molecule has 2 aromatic rings. The van der Waals surface area contributed by atoms with Crippen molar-refractivity contribution in [1.29, 1.82) is 0 Å². The van der Waals surface area contributed by atoms with Gasteiger partial charge in [0, 0.05) is 18.6 Å². The maximum absolute atomic E-state index is 11.4. The van der Waals surface area contributed by atoms with Crippen molar-refractivity contribution in [2.75, 3.05) is 25.7 Å². The predicted molar refractivity (Wildman–Crippen MR) is 127 cm³/mol. The molecule has 166 valence electrons. The van der Waals surface area contributed by atoms with Gasteiger partial charge in [-0.15, -0.1) is 0 Å². The van der Waals surface area contributed by atoms with Crippen molar-refractivity contribution in [2.45, 2.75) is 31.8 Å². The lowest BCUT2D eigenvalue weighted by Gasteiger charge is -2.15. The molecule has 1 atom stereocenters. The van der Waals surface area contributed by atoms with Crippen LogP contribution in [0.3, 0.4) is 0 Å². The molecule has 6 nitrogen and oxygen atoms in total. The summed E-state index contributed by atoms with van der Waals surface area (Å²) in [5, 5.41) is 0. The molecular formula is C24H29BrN2O4.